The molecule has 0 saturated carbocycles. The Morgan fingerprint density at radius 3 is 1.83 bits per heavy atom. The normalized spacial score (nSPS) is 12.6. The molecule has 10 rings (SSSR count). The number of imidazole rings is 1. The average Bonchev–Trinajstić information content (AvgIpc) is 3.78. The SMILES string of the molecule is [2H]C([2H])([2H])c1cc(-c2c(-c3ccccc3)cccc2C(C)(C)C)ccc1-n1c(-c2cc(C(C)C)cc(C(C)C)c2O)nc2c(-c3cc(-c4ccccc4)cc(-c4cc(-c5ccccc5)ccn4)c3)cccc21. The molecule has 0 atom stereocenters. The van der Waals surface area contributed by atoms with Crippen LogP contribution in [0.4, 0.5) is 0 Å². The zero-order chi connectivity index (χ0) is 50.5. The molecular weight excluding hydrogens is 839 g/mol. The van der Waals surface area contributed by atoms with Crippen molar-refractivity contribution < 1.29 is 9.22 Å². The second kappa shape index (κ2) is 18.3. The number of aromatic nitrogens is 3. The van der Waals surface area contributed by atoms with Crippen LogP contribution in [-0.4, -0.2) is 19.6 Å². The van der Waals surface area contributed by atoms with Crippen molar-refractivity contribution in [2.45, 2.75) is 72.6 Å². The highest BCUT2D eigenvalue weighted by atomic mass is 16.3. The third-order valence-corrected chi connectivity index (χ3v) is 13.4. The molecular formula is C65H59N3O. The van der Waals surface area contributed by atoms with E-state index in [2.05, 4.69) is 146 Å². The summed E-state index contributed by atoms with van der Waals surface area (Å²) in [5.41, 5.74) is 16.9. The summed E-state index contributed by atoms with van der Waals surface area (Å²) >= 11 is 0. The summed E-state index contributed by atoms with van der Waals surface area (Å²) in [6.07, 6.45) is 1.86. The van der Waals surface area contributed by atoms with E-state index in [1.54, 1.807) is 0 Å². The first kappa shape index (κ1) is 41.4. The number of hydrogen-bond donors (Lipinski definition) is 1. The molecule has 0 aliphatic carbocycles. The molecule has 0 unspecified atom stereocenters. The monoisotopic (exact) mass is 900 g/mol. The Hall–Kier alpha value is -7.82. The number of benzene rings is 8. The van der Waals surface area contributed by atoms with Gasteiger partial charge in [0.15, 0.2) is 0 Å². The van der Waals surface area contributed by atoms with Crippen molar-refractivity contribution in [3.05, 3.63) is 217 Å². The number of phenols is 1. The molecule has 4 nitrogen and oxygen atoms in total. The number of para-hydroxylation sites is 1. The lowest BCUT2D eigenvalue weighted by Gasteiger charge is -2.26. The molecule has 69 heavy (non-hydrogen) atoms. The first-order chi connectivity index (χ1) is 34.5. The molecule has 2 aromatic heterocycles. The van der Waals surface area contributed by atoms with Crippen LogP contribution in [0.2, 0.25) is 0 Å². The highest BCUT2D eigenvalue weighted by molar-refractivity contribution is 5.98. The van der Waals surface area contributed by atoms with Crippen LogP contribution < -0.4 is 0 Å². The molecule has 0 saturated heterocycles. The first-order valence-corrected chi connectivity index (χ1v) is 24.0. The Balaban J connectivity index is 1.27. The Morgan fingerprint density at radius 2 is 1.16 bits per heavy atom. The highest BCUT2D eigenvalue weighted by Gasteiger charge is 2.26. The van der Waals surface area contributed by atoms with Crippen molar-refractivity contribution in [1.29, 1.82) is 0 Å². The molecule has 8 aromatic carbocycles. The largest absolute Gasteiger partial charge is 0.507 e. The van der Waals surface area contributed by atoms with Crippen molar-refractivity contribution in [1.82, 2.24) is 14.5 Å². The number of rotatable bonds is 10. The average molecular weight is 901 g/mol. The van der Waals surface area contributed by atoms with E-state index in [-0.39, 0.29) is 28.6 Å². The molecule has 0 aliphatic heterocycles. The fraction of sp³-hybridized carbons (Fsp3) is 0.169. The van der Waals surface area contributed by atoms with Crippen LogP contribution >= 0.6 is 0 Å². The van der Waals surface area contributed by atoms with E-state index in [0.717, 1.165) is 83.6 Å². The molecule has 1 N–H and O–H groups in total. The molecule has 340 valence electrons. The number of nitrogens with zero attached hydrogens (tertiary/aromatic N) is 3. The molecule has 4 heteroatoms. The fourth-order valence-electron chi connectivity index (χ4n) is 9.74. The van der Waals surface area contributed by atoms with E-state index in [0.29, 0.717) is 28.1 Å². The van der Waals surface area contributed by atoms with Gasteiger partial charge in [-0.1, -0.05) is 182 Å². The quantitative estimate of drug-likeness (QED) is 0.149. The van der Waals surface area contributed by atoms with Gasteiger partial charge in [0.1, 0.15) is 11.6 Å². The van der Waals surface area contributed by atoms with Gasteiger partial charge >= 0.3 is 0 Å². The van der Waals surface area contributed by atoms with Crippen LogP contribution in [0.25, 0.3) is 95.0 Å². The van der Waals surface area contributed by atoms with Crippen LogP contribution in [-0.2, 0) is 5.41 Å². The summed E-state index contributed by atoms with van der Waals surface area (Å²) < 4.78 is 29.8. The van der Waals surface area contributed by atoms with Gasteiger partial charge in [0.2, 0.25) is 0 Å². The summed E-state index contributed by atoms with van der Waals surface area (Å²) in [7, 11) is 0. The van der Waals surface area contributed by atoms with Gasteiger partial charge in [0, 0.05) is 21.4 Å². The summed E-state index contributed by atoms with van der Waals surface area (Å²) in [4.78, 5) is 10.5. The Kier molecular flexibility index (Phi) is 11.0. The topological polar surface area (TPSA) is 50.9 Å². The maximum atomic E-state index is 12.4. The fourth-order valence-corrected chi connectivity index (χ4v) is 9.74. The van der Waals surface area contributed by atoms with E-state index in [4.69, 9.17) is 9.97 Å². The van der Waals surface area contributed by atoms with Gasteiger partial charge in [-0.25, -0.2) is 4.98 Å². The molecule has 2 heterocycles. The minimum Gasteiger partial charge on any atom is -0.507 e. The van der Waals surface area contributed by atoms with E-state index < -0.39 is 6.85 Å². The molecule has 0 bridgehead atoms. The Morgan fingerprint density at radius 1 is 0.522 bits per heavy atom. The zero-order valence-electron chi connectivity index (χ0n) is 43.4. The number of fused-ring (bicyclic) bond motifs is 1. The minimum absolute atomic E-state index is 0.00269. The predicted molar refractivity (Wildman–Crippen MR) is 290 cm³/mol. The van der Waals surface area contributed by atoms with E-state index in [1.165, 1.54) is 0 Å². The Bertz CT molecular complexity index is 3610. The number of phenolic OH excluding ortho intramolecular Hbond substituents is 1. The third-order valence-electron chi connectivity index (χ3n) is 13.4. The molecule has 0 spiro atoms. The van der Waals surface area contributed by atoms with Crippen LogP contribution in [0.3, 0.4) is 0 Å². The standard InChI is InChI=1S/C65H59N3O/c1-41(2)49-38-55(42(3)4)63(69)56(39-49)64-67-62-54(51-35-50(45-22-14-10-15-23-45)36-52(37-51)58-40-47(32-33-66-58)44-20-12-9-13-21-44)27-19-29-60(62)68(64)59-31-30-48(34-43(59)5)61-53(46-24-16-11-17-25-46)26-18-28-57(61)65(6,7)8/h9-42,69H,1-8H3/i5D3. The summed E-state index contributed by atoms with van der Waals surface area (Å²) in [5, 5.41) is 12.4. The first-order valence-electron chi connectivity index (χ1n) is 25.5. The smallest absolute Gasteiger partial charge is 0.149 e. The molecule has 10 aromatic rings. The van der Waals surface area contributed by atoms with Crippen LogP contribution in [0.5, 0.6) is 5.75 Å². The minimum atomic E-state index is -2.55. The predicted octanol–water partition coefficient (Wildman–Crippen LogP) is 17.6. The van der Waals surface area contributed by atoms with Crippen molar-refractivity contribution in [2.75, 3.05) is 0 Å². The second-order valence-corrected chi connectivity index (χ2v) is 19.8. The van der Waals surface area contributed by atoms with Gasteiger partial charge in [0.25, 0.3) is 0 Å². The number of pyridine rings is 1. The van der Waals surface area contributed by atoms with Crippen molar-refractivity contribution in [2.24, 2.45) is 0 Å². The summed E-state index contributed by atoms with van der Waals surface area (Å²) in [6, 6.07) is 64.1. The number of aromatic hydroxyl groups is 1. The lowest BCUT2D eigenvalue weighted by molar-refractivity contribution is 0.466. The van der Waals surface area contributed by atoms with Crippen LogP contribution in [0, 0.1) is 6.85 Å². The summed E-state index contributed by atoms with van der Waals surface area (Å²) in [6.45, 7) is 12.5. The van der Waals surface area contributed by atoms with Gasteiger partial charge < -0.3 is 5.11 Å². The lowest BCUT2D eigenvalue weighted by atomic mass is 9.78. The van der Waals surface area contributed by atoms with E-state index in [1.807, 2.05) is 102 Å². The van der Waals surface area contributed by atoms with Crippen molar-refractivity contribution in [3.8, 4) is 89.7 Å². The van der Waals surface area contributed by atoms with Gasteiger partial charge in [-0.2, -0.15) is 0 Å². The van der Waals surface area contributed by atoms with Crippen LogP contribution in [0.15, 0.2) is 194 Å². The lowest BCUT2D eigenvalue weighted by Crippen LogP contribution is -2.13. The second-order valence-electron chi connectivity index (χ2n) is 19.8. The van der Waals surface area contributed by atoms with Crippen molar-refractivity contribution >= 4 is 11.0 Å². The molecule has 0 radical (unpaired) electrons. The maximum absolute atomic E-state index is 12.4. The van der Waals surface area contributed by atoms with Gasteiger partial charge in [-0.3, -0.25) is 9.55 Å². The molecule has 0 amide bonds. The molecule has 0 fully saturated rings. The highest BCUT2D eigenvalue weighted by Crippen LogP contribution is 2.45. The van der Waals surface area contributed by atoms with Gasteiger partial charge in [-0.05, 0) is 151 Å². The number of aryl methyl sites for hydroxylation is 1. The third kappa shape index (κ3) is 8.68. The van der Waals surface area contributed by atoms with Gasteiger partial charge in [-0.15, -0.1) is 0 Å². The maximum Gasteiger partial charge on any atom is 0.149 e. The van der Waals surface area contributed by atoms with Crippen molar-refractivity contribution in [3.63, 3.8) is 0 Å². The summed E-state index contributed by atoms with van der Waals surface area (Å²) in [5.74, 6) is 0.725. The van der Waals surface area contributed by atoms with Crippen LogP contribution in [0.1, 0.15) is 86.7 Å². The number of hydrogen-bond acceptors (Lipinski definition) is 3. The Labute approximate surface area is 411 Å². The zero-order valence-corrected chi connectivity index (χ0v) is 40.4. The van der Waals surface area contributed by atoms with Gasteiger partial charge in [0.05, 0.1) is 28.0 Å². The van der Waals surface area contributed by atoms with E-state index in [9.17, 15) is 9.22 Å². The van der Waals surface area contributed by atoms with E-state index >= 15 is 0 Å². The molecule has 0 aliphatic rings.